The molecule has 2 aromatic carbocycles. The summed E-state index contributed by atoms with van der Waals surface area (Å²) in [6.45, 7) is 2.08. The highest BCUT2D eigenvalue weighted by Gasteiger charge is 2.12. The van der Waals surface area contributed by atoms with Crippen LogP contribution in [-0.2, 0) is 0 Å². The molecular formula is C17H12Br2O. The van der Waals surface area contributed by atoms with E-state index >= 15 is 0 Å². The molecule has 3 heteroatoms. The molecule has 100 valence electrons. The second-order valence-electron chi connectivity index (χ2n) is 4.66. The summed E-state index contributed by atoms with van der Waals surface area (Å²) >= 11 is 7.02. The normalized spacial score (nSPS) is 10.8. The minimum atomic E-state index is 0.861. The molecule has 0 aliphatic carbocycles. The van der Waals surface area contributed by atoms with Crippen molar-refractivity contribution in [1.82, 2.24) is 0 Å². The average Bonchev–Trinajstić information content (AvgIpc) is 2.82. The predicted molar refractivity (Wildman–Crippen MR) is 89.7 cm³/mol. The van der Waals surface area contributed by atoms with Crippen molar-refractivity contribution < 1.29 is 4.42 Å². The Hall–Kier alpha value is -1.32. The van der Waals surface area contributed by atoms with Crippen LogP contribution >= 0.6 is 31.9 Å². The SMILES string of the molecule is Cc1ccc(-c2oc(-c3ccc(Br)cc3)cc2Br)cc1. The molecule has 0 amide bonds. The van der Waals surface area contributed by atoms with E-state index in [9.17, 15) is 0 Å². The fourth-order valence-corrected chi connectivity index (χ4v) is 2.81. The number of hydrogen-bond acceptors (Lipinski definition) is 1. The number of benzene rings is 2. The van der Waals surface area contributed by atoms with E-state index in [-0.39, 0.29) is 0 Å². The molecule has 0 atom stereocenters. The Morgan fingerprint density at radius 2 is 1.40 bits per heavy atom. The molecule has 0 aliphatic rings. The molecule has 20 heavy (non-hydrogen) atoms. The summed E-state index contributed by atoms with van der Waals surface area (Å²) in [5, 5.41) is 0. The highest BCUT2D eigenvalue weighted by molar-refractivity contribution is 9.10. The van der Waals surface area contributed by atoms with E-state index in [1.807, 2.05) is 30.3 Å². The first-order valence-corrected chi connectivity index (χ1v) is 7.84. The molecule has 0 saturated carbocycles. The van der Waals surface area contributed by atoms with Gasteiger partial charge >= 0.3 is 0 Å². The van der Waals surface area contributed by atoms with Gasteiger partial charge in [0, 0.05) is 15.6 Å². The van der Waals surface area contributed by atoms with Gasteiger partial charge in [0.05, 0.1) is 4.47 Å². The maximum atomic E-state index is 6.00. The number of rotatable bonds is 2. The maximum absolute atomic E-state index is 6.00. The molecule has 1 heterocycles. The summed E-state index contributed by atoms with van der Waals surface area (Å²) < 4.78 is 8.04. The zero-order valence-corrected chi connectivity index (χ0v) is 14.0. The average molecular weight is 392 g/mol. The summed E-state index contributed by atoms with van der Waals surface area (Å²) in [5.41, 5.74) is 3.38. The van der Waals surface area contributed by atoms with Gasteiger partial charge in [0.1, 0.15) is 11.5 Å². The van der Waals surface area contributed by atoms with Crippen molar-refractivity contribution in [1.29, 1.82) is 0 Å². The first kappa shape index (κ1) is 13.7. The molecule has 1 nitrogen and oxygen atoms in total. The Bertz CT molecular complexity index is 725. The Labute approximate surface area is 134 Å². The monoisotopic (exact) mass is 390 g/mol. The molecule has 3 aromatic rings. The van der Waals surface area contributed by atoms with Crippen LogP contribution in [0.2, 0.25) is 0 Å². The lowest BCUT2D eigenvalue weighted by Gasteiger charge is -2.00. The van der Waals surface area contributed by atoms with Crippen LogP contribution in [-0.4, -0.2) is 0 Å². The highest BCUT2D eigenvalue weighted by Crippen LogP contribution is 2.36. The minimum absolute atomic E-state index is 0.861. The van der Waals surface area contributed by atoms with E-state index in [0.717, 1.165) is 31.6 Å². The van der Waals surface area contributed by atoms with Crippen LogP contribution < -0.4 is 0 Å². The third kappa shape index (κ3) is 2.74. The molecular weight excluding hydrogens is 380 g/mol. The van der Waals surface area contributed by atoms with Crippen molar-refractivity contribution in [2.45, 2.75) is 6.92 Å². The molecule has 3 rings (SSSR count). The van der Waals surface area contributed by atoms with Gasteiger partial charge in [-0.2, -0.15) is 0 Å². The van der Waals surface area contributed by atoms with E-state index in [1.165, 1.54) is 5.56 Å². The molecule has 0 bridgehead atoms. The van der Waals surface area contributed by atoms with E-state index < -0.39 is 0 Å². The van der Waals surface area contributed by atoms with Crippen LogP contribution in [0.3, 0.4) is 0 Å². The molecule has 1 aromatic heterocycles. The zero-order chi connectivity index (χ0) is 14.1. The lowest BCUT2D eigenvalue weighted by molar-refractivity contribution is 0.596. The molecule has 0 saturated heterocycles. The van der Waals surface area contributed by atoms with Crippen LogP contribution in [0, 0.1) is 6.92 Å². The summed E-state index contributed by atoms with van der Waals surface area (Å²) in [5.74, 6) is 1.72. The number of furan rings is 1. The second kappa shape index (κ2) is 5.58. The summed E-state index contributed by atoms with van der Waals surface area (Å²) in [7, 11) is 0. The quantitative estimate of drug-likeness (QED) is 0.489. The Kier molecular flexibility index (Phi) is 3.81. The van der Waals surface area contributed by atoms with E-state index in [4.69, 9.17) is 4.42 Å². The molecule has 0 spiro atoms. The van der Waals surface area contributed by atoms with Gasteiger partial charge in [-0.05, 0) is 41.1 Å². The van der Waals surface area contributed by atoms with Gasteiger partial charge in [0.25, 0.3) is 0 Å². The van der Waals surface area contributed by atoms with Gasteiger partial charge in [-0.15, -0.1) is 0 Å². The Morgan fingerprint density at radius 1 is 0.800 bits per heavy atom. The van der Waals surface area contributed by atoms with Gasteiger partial charge in [0.2, 0.25) is 0 Å². The van der Waals surface area contributed by atoms with Crippen molar-refractivity contribution in [2.24, 2.45) is 0 Å². The van der Waals surface area contributed by atoms with Gasteiger partial charge in [-0.25, -0.2) is 0 Å². The van der Waals surface area contributed by atoms with Crippen LogP contribution in [0.25, 0.3) is 22.6 Å². The van der Waals surface area contributed by atoms with Crippen molar-refractivity contribution in [3.8, 4) is 22.6 Å². The van der Waals surface area contributed by atoms with Gasteiger partial charge in [0.15, 0.2) is 0 Å². The summed E-state index contributed by atoms with van der Waals surface area (Å²) in [6, 6.07) is 18.4. The van der Waals surface area contributed by atoms with Crippen LogP contribution in [0.4, 0.5) is 0 Å². The van der Waals surface area contributed by atoms with E-state index in [1.54, 1.807) is 0 Å². The predicted octanol–water partition coefficient (Wildman–Crippen LogP) is 6.45. The van der Waals surface area contributed by atoms with E-state index in [0.29, 0.717) is 0 Å². The maximum Gasteiger partial charge on any atom is 0.148 e. The zero-order valence-electron chi connectivity index (χ0n) is 10.9. The topological polar surface area (TPSA) is 13.1 Å². The van der Waals surface area contributed by atoms with Gasteiger partial charge in [-0.1, -0.05) is 57.9 Å². The Morgan fingerprint density at radius 3 is 2.05 bits per heavy atom. The van der Waals surface area contributed by atoms with Gasteiger partial charge in [-0.3, -0.25) is 0 Å². The minimum Gasteiger partial charge on any atom is -0.455 e. The second-order valence-corrected chi connectivity index (χ2v) is 6.43. The third-order valence-corrected chi connectivity index (χ3v) is 4.25. The van der Waals surface area contributed by atoms with Crippen LogP contribution in [0.5, 0.6) is 0 Å². The Balaban J connectivity index is 2.02. The molecule has 0 unspecified atom stereocenters. The molecule has 0 aliphatic heterocycles. The summed E-state index contributed by atoms with van der Waals surface area (Å²) in [4.78, 5) is 0. The van der Waals surface area contributed by atoms with E-state index in [2.05, 4.69) is 63.0 Å². The first-order chi connectivity index (χ1) is 9.63. The van der Waals surface area contributed by atoms with Crippen molar-refractivity contribution in [3.63, 3.8) is 0 Å². The van der Waals surface area contributed by atoms with Crippen LogP contribution in [0.1, 0.15) is 5.56 Å². The fourth-order valence-electron chi connectivity index (χ4n) is 2.03. The lowest BCUT2D eigenvalue weighted by atomic mass is 10.1. The molecule has 0 radical (unpaired) electrons. The van der Waals surface area contributed by atoms with Gasteiger partial charge < -0.3 is 4.42 Å². The van der Waals surface area contributed by atoms with Crippen molar-refractivity contribution >= 4 is 31.9 Å². The van der Waals surface area contributed by atoms with Crippen LogP contribution in [0.15, 0.2) is 68.0 Å². The number of halogens is 2. The highest BCUT2D eigenvalue weighted by atomic mass is 79.9. The fraction of sp³-hybridized carbons (Fsp3) is 0.0588. The number of hydrogen-bond donors (Lipinski definition) is 0. The number of aryl methyl sites for hydroxylation is 1. The third-order valence-electron chi connectivity index (χ3n) is 3.13. The smallest absolute Gasteiger partial charge is 0.148 e. The largest absolute Gasteiger partial charge is 0.455 e. The van der Waals surface area contributed by atoms with Crippen molar-refractivity contribution in [2.75, 3.05) is 0 Å². The first-order valence-electron chi connectivity index (χ1n) is 6.26. The lowest BCUT2D eigenvalue weighted by Crippen LogP contribution is -1.76. The standard InChI is InChI=1S/C17H12Br2O/c1-11-2-4-13(5-3-11)17-15(19)10-16(20-17)12-6-8-14(18)9-7-12/h2-10H,1H3. The summed E-state index contributed by atoms with van der Waals surface area (Å²) in [6.07, 6.45) is 0. The molecule has 0 N–H and O–H groups in total. The molecule has 0 fully saturated rings. The van der Waals surface area contributed by atoms with Crippen molar-refractivity contribution in [3.05, 3.63) is 69.1 Å².